The molecule has 0 bridgehead atoms. The van der Waals surface area contributed by atoms with Gasteiger partial charge in [-0.05, 0) is 45.1 Å². The van der Waals surface area contributed by atoms with Crippen LogP contribution in [0.25, 0.3) is 11.2 Å². The zero-order valence-electron chi connectivity index (χ0n) is 17.4. The number of ether oxygens (including phenoxy) is 1. The Hall–Kier alpha value is -2.96. The predicted molar refractivity (Wildman–Crippen MR) is 114 cm³/mol. The van der Waals surface area contributed by atoms with Crippen molar-refractivity contribution in [3.05, 3.63) is 48.0 Å². The number of nitrogens with zero attached hydrogens (tertiary/aromatic N) is 4. The number of nitrogens with one attached hydrogen (secondary N) is 1. The van der Waals surface area contributed by atoms with Crippen LogP contribution in [0.3, 0.4) is 0 Å². The summed E-state index contributed by atoms with van der Waals surface area (Å²) >= 11 is 0. The summed E-state index contributed by atoms with van der Waals surface area (Å²) in [7, 11) is 0. The van der Waals surface area contributed by atoms with Gasteiger partial charge in [-0.2, -0.15) is 0 Å². The van der Waals surface area contributed by atoms with Crippen molar-refractivity contribution >= 4 is 23.0 Å². The Balaban J connectivity index is 1.36. The monoisotopic (exact) mass is 405 g/mol. The molecule has 0 amide bonds. The van der Waals surface area contributed by atoms with Gasteiger partial charge in [-0.1, -0.05) is 30.3 Å². The average Bonchev–Trinajstić information content (AvgIpc) is 3.13. The van der Waals surface area contributed by atoms with Crippen LogP contribution in [0.15, 0.2) is 36.7 Å². The number of anilines is 1. The van der Waals surface area contributed by atoms with Gasteiger partial charge in [0.15, 0.2) is 11.5 Å². The van der Waals surface area contributed by atoms with Crippen LogP contribution in [0.2, 0.25) is 0 Å². The maximum atomic E-state index is 12.1. The first-order valence-electron chi connectivity index (χ1n) is 10.8. The van der Waals surface area contributed by atoms with E-state index < -0.39 is 0 Å². The van der Waals surface area contributed by atoms with Gasteiger partial charge in [-0.15, -0.1) is 0 Å². The number of aromatic nitrogens is 4. The van der Waals surface area contributed by atoms with Crippen molar-refractivity contribution in [1.29, 1.82) is 0 Å². The minimum Gasteiger partial charge on any atom is -0.466 e. The Kier molecular flexibility index (Phi) is 4.89. The lowest BCUT2D eigenvalue weighted by molar-refractivity contribution is -0.147. The van der Waals surface area contributed by atoms with Crippen molar-refractivity contribution in [1.82, 2.24) is 19.5 Å². The van der Waals surface area contributed by atoms with Crippen molar-refractivity contribution in [3.63, 3.8) is 0 Å². The first kappa shape index (κ1) is 19.0. The topological polar surface area (TPSA) is 81.9 Å². The van der Waals surface area contributed by atoms with Gasteiger partial charge in [0.05, 0.1) is 18.9 Å². The summed E-state index contributed by atoms with van der Waals surface area (Å²) in [6.45, 7) is 4.20. The number of carbonyl (C=O) groups excluding carboxylic acids is 1. The quantitative estimate of drug-likeness (QED) is 0.624. The first-order chi connectivity index (χ1) is 14.6. The highest BCUT2D eigenvalue weighted by molar-refractivity contribution is 5.83. The Morgan fingerprint density at radius 1 is 1.20 bits per heavy atom. The minimum atomic E-state index is -0.0849. The van der Waals surface area contributed by atoms with E-state index in [1.165, 1.54) is 5.56 Å². The van der Waals surface area contributed by atoms with Crippen molar-refractivity contribution in [2.75, 3.05) is 11.9 Å². The Morgan fingerprint density at radius 2 is 2.03 bits per heavy atom. The molecule has 30 heavy (non-hydrogen) atoms. The van der Waals surface area contributed by atoms with E-state index in [2.05, 4.69) is 49.1 Å². The summed E-state index contributed by atoms with van der Waals surface area (Å²) in [5.41, 5.74) is 3.01. The van der Waals surface area contributed by atoms with E-state index in [4.69, 9.17) is 4.74 Å². The Labute approximate surface area is 175 Å². The van der Waals surface area contributed by atoms with Crippen LogP contribution < -0.4 is 5.32 Å². The molecule has 3 aromatic rings. The number of benzene rings is 1. The van der Waals surface area contributed by atoms with Gasteiger partial charge in [0.25, 0.3) is 0 Å². The summed E-state index contributed by atoms with van der Waals surface area (Å²) in [5, 5.41) is 3.59. The number of hydrogen-bond acceptors (Lipinski definition) is 6. The van der Waals surface area contributed by atoms with Crippen LogP contribution in [0.5, 0.6) is 0 Å². The zero-order valence-corrected chi connectivity index (χ0v) is 17.4. The molecule has 7 heteroatoms. The smallest absolute Gasteiger partial charge is 0.308 e. The van der Waals surface area contributed by atoms with Gasteiger partial charge in [0, 0.05) is 18.0 Å². The van der Waals surface area contributed by atoms with E-state index in [1.54, 1.807) is 0 Å². The molecule has 2 aromatic heterocycles. The molecule has 4 atom stereocenters. The van der Waals surface area contributed by atoms with E-state index in [9.17, 15) is 4.79 Å². The van der Waals surface area contributed by atoms with Crippen LogP contribution in [0, 0.1) is 12.8 Å². The highest BCUT2D eigenvalue weighted by atomic mass is 16.5. The molecular weight excluding hydrogens is 378 g/mol. The Bertz CT molecular complexity index is 1060. The molecule has 4 unspecified atom stereocenters. The van der Waals surface area contributed by atoms with E-state index in [0.717, 1.165) is 48.5 Å². The van der Waals surface area contributed by atoms with Crippen LogP contribution in [-0.2, 0) is 9.53 Å². The van der Waals surface area contributed by atoms with Crippen LogP contribution in [-0.4, -0.2) is 38.1 Å². The summed E-state index contributed by atoms with van der Waals surface area (Å²) in [5.74, 6) is 1.92. The fraction of sp³-hybridized carbons (Fsp3) is 0.478. The molecule has 5 rings (SSSR count). The second kappa shape index (κ2) is 7.70. The molecule has 1 aromatic carbocycles. The number of esters is 1. The van der Waals surface area contributed by atoms with Crippen molar-refractivity contribution in [2.24, 2.45) is 5.92 Å². The third kappa shape index (κ3) is 3.53. The summed E-state index contributed by atoms with van der Waals surface area (Å²) in [6, 6.07) is 11.2. The second-order valence-corrected chi connectivity index (χ2v) is 8.36. The first-order valence-corrected chi connectivity index (χ1v) is 10.8. The van der Waals surface area contributed by atoms with Crippen LogP contribution in [0.1, 0.15) is 56.0 Å². The van der Waals surface area contributed by atoms with E-state index in [1.807, 2.05) is 26.2 Å². The maximum absolute atomic E-state index is 12.1. The molecule has 0 radical (unpaired) electrons. The number of rotatable bonds is 6. The lowest BCUT2D eigenvalue weighted by atomic mass is 10.1. The molecule has 7 nitrogen and oxygen atoms in total. The molecule has 2 aliphatic rings. The van der Waals surface area contributed by atoms with E-state index in [-0.39, 0.29) is 17.9 Å². The third-order valence-corrected chi connectivity index (χ3v) is 6.29. The maximum Gasteiger partial charge on any atom is 0.308 e. The molecular formula is C23H27N5O2. The van der Waals surface area contributed by atoms with E-state index >= 15 is 0 Å². The highest BCUT2D eigenvalue weighted by Crippen LogP contribution is 2.43. The fourth-order valence-corrected chi connectivity index (χ4v) is 4.68. The molecule has 2 saturated carbocycles. The van der Waals surface area contributed by atoms with Gasteiger partial charge in [0.1, 0.15) is 11.3 Å². The summed E-state index contributed by atoms with van der Waals surface area (Å²) in [4.78, 5) is 26.1. The third-order valence-electron chi connectivity index (χ3n) is 6.29. The predicted octanol–water partition coefficient (Wildman–Crippen LogP) is 4.01. The molecule has 156 valence electrons. The van der Waals surface area contributed by atoms with Crippen LogP contribution in [0.4, 0.5) is 5.82 Å². The lowest BCUT2D eigenvalue weighted by Gasteiger charge is -2.14. The van der Waals surface area contributed by atoms with Crippen molar-refractivity contribution < 1.29 is 9.53 Å². The van der Waals surface area contributed by atoms with Crippen molar-refractivity contribution in [2.45, 2.75) is 57.5 Å². The average molecular weight is 406 g/mol. The van der Waals surface area contributed by atoms with Crippen LogP contribution >= 0.6 is 0 Å². The number of imidazole rings is 1. The molecule has 2 aliphatic carbocycles. The molecule has 1 N–H and O–H groups in total. The SMILES string of the molecule is CCOC(=O)C1CCC(n2cnc3c(NC4CC4c4ccccc4)nc(C)nc32)C1. The number of aryl methyl sites for hydroxylation is 1. The second-order valence-electron chi connectivity index (χ2n) is 8.36. The summed E-state index contributed by atoms with van der Waals surface area (Å²) < 4.78 is 7.34. The zero-order chi connectivity index (χ0) is 20.7. The Morgan fingerprint density at radius 3 is 2.83 bits per heavy atom. The molecule has 2 fully saturated rings. The number of hydrogen-bond donors (Lipinski definition) is 1. The minimum absolute atomic E-state index is 0.0361. The molecule has 0 aliphatic heterocycles. The standard InChI is InChI=1S/C23H27N5O2/c1-3-30-23(29)16-9-10-17(11-16)28-13-24-20-21(25-14(2)26-22(20)28)27-19-12-18(19)15-7-5-4-6-8-15/h4-8,13,16-19H,3,9-12H2,1-2H3,(H,25,26,27). The van der Waals surface area contributed by atoms with Gasteiger partial charge in [-0.25, -0.2) is 15.0 Å². The lowest BCUT2D eigenvalue weighted by Crippen LogP contribution is -2.15. The largest absolute Gasteiger partial charge is 0.466 e. The molecule has 0 spiro atoms. The van der Waals surface area contributed by atoms with Gasteiger partial charge < -0.3 is 14.6 Å². The number of fused-ring (bicyclic) bond motifs is 1. The molecule has 0 saturated heterocycles. The van der Waals surface area contributed by atoms with Crippen molar-refractivity contribution in [3.8, 4) is 0 Å². The van der Waals surface area contributed by atoms with Gasteiger partial charge in [0.2, 0.25) is 0 Å². The summed E-state index contributed by atoms with van der Waals surface area (Å²) in [6.07, 6.45) is 5.50. The number of carbonyl (C=O) groups is 1. The molecule has 2 heterocycles. The van der Waals surface area contributed by atoms with E-state index in [0.29, 0.717) is 18.6 Å². The highest BCUT2D eigenvalue weighted by Gasteiger charge is 2.39. The fourth-order valence-electron chi connectivity index (χ4n) is 4.68. The normalized spacial score (nSPS) is 25.4. The van der Waals surface area contributed by atoms with Gasteiger partial charge in [-0.3, -0.25) is 4.79 Å². The van der Waals surface area contributed by atoms with Gasteiger partial charge >= 0.3 is 5.97 Å².